The monoisotopic (exact) mass is 389 g/mol. The lowest BCUT2D eigenvalue weighted by Gasteiger charge is -2.13. The number of hydrogen-bond donors (Lipinski definition) is 3. The number of hydrogen-bond acceptors (Lipinski definition) is 5. The van der Waals surface area contributed by atoms with Crippen LogP contribution in [0.5, 0.6) is 0 Å². The molecular weight excluding hydrogens is 378 g/mol. The molecule has 3 heterocycles. The van der Waals surface area contributed by atoms with Gasteiger partial charge in [-0.15, -0.1) is 0 Å². The SMILES string of the molecule is O=C(Nc1ncn[nH]1)[C@H]1CC(=O)N(c2n[nH]c3cc(Br)ccc23)C1. The van der Waals surface area contributed by atoms with Crippen LogP contribution in [0.15, 0.2) is 29.0 Å². The van der Waals surface area contributed by atoms with E-state index in [1.54, 1.807) is 0 Å². The Labute approximate surface area is 144 Å². The molecule has 0 aliphatic carbocycles. The van der Waals surface area contributed by atoms with Crippen molar-refractivity contribution in [3.05, 3.63) is 29.0 Å². The highest BCUT2D eigenvalue weighted by Crippen LogP contribution is 2.31. The molecule has 0 bridgehead atoms. The number of halogens is 1. The molecule has 3 aromatic rings. The molecule has 24 heavy (non-hydrogen) atoms. The van der Waals surface area contributed by atoms with Crippen molar-refractivity contribution >= 4 is 50.4 Å². The van der Waals surface area contributed by atoms with E-state index in [1.165, 1.54) is 11.2 Å². The molecule has 0 unspecified atom stereocenters. The fourth-order valence-corrected chi connectivity index (χ4v) is 3.12. The van der Waals surface area contributed by atoms with E-state index in [4.69, 9.17) is 0 Å². The zero-order chi connectivity index (χ0) is 16.7. The third-order valence-corrected chi connectivity index (χ3v) is 4.41. The highest BCUT2D eigenvalue weighted by molar-refractivity contribution is 9.10. The lowest BCUT2D eigenvalue weighted by atomic mass is 10.1. The van der Waals surface area contributed by atoms with E-state index in [2.05, 4.69) is 46.6 Å². The zero-order valence-corrected chi connectivity index (χ0v) is 13.9. The molecule has 1 aromatic carbocycles. The molecule has 122 valence electrons. The fourth-order valence-electron chi connectivity index (χ4n) is 2.76. The Bertz CT molecular complexity index is 921. The van der Waals surface area contributed by atoms with Gasteiger partial charge in [-0.05, 0) is 18.2 Å². The molecule has 2 aromatic heterocycles. The second kappa shape index (κ2) is 5.71. The third-order valence-electron chi connectivity index (χ3n) is 3.91. The highest BCUT2D eigenvalue weighted by Gasteiger charge is 2.37. The van der Waals surface area contributed by atoms with Gasteiger partial charge in [-0.1, -0.05) is 15.9 Å². The molecule has 1 atom stereocenters. The van der Waals surface area contributed by atoms with Crippen molar-refractivity contribution in [2.75, 3.05) is 16.8 Å². The smallest absolute Gasteiger partial charge is 0.232 e. The normalized spacial score (nSPS) is 17.6. The molecule has 1 aliphatic heterocycles. The van der Waals surface area contributed by atoms with Crippen LogP contribution >= 0.6 is 15.9 Å². The number of nitrogens with one attached hydrogen (secondary N) is 3. The fraction of sp³-hybridized carbons (Fsp3) is 0.214. The van der Waals surface area contributed by atoms with Gasteiger partial charge in [0, 0.05) is 22.8 Å². The van der Waals surface area contributed by atoms with Crippen LogP contribution < -0.4 is 10.2 Å². The van der Waals surface area contributed by atoms with E-state index in [0.717, 1.165) is 15.4 Å². The number of nitrogens with zero attached hydrogens (tertiary/aromatic N) is 4. The molecular formula is C14H12BrN7O2. The first kappa shape index (κ1) is 14.8. The third kappa shape index (κ3) is 2.54. The molecule has 0 spiro atoms. The molecule has 1 fully saturated rings. The Hall–Kier alpha value is -2.75. The van der Waals surface area contributed by atoms with Gasteiger partial charge in [-0.2, -0.15) is 15.2 Å². The Morgan fingerprint density at radius 1 is 1.38 bits per heavy atom. The number of aromatic amines is 2. The van der Waals surface area contributed by atoms with E-state index in [-0.39, 0.29) is 30.7 Å². The highest BCUT2D eigenvalue weighted by atomic mass is 79.9. The molecule has 4 rings (SSSR count). The van der Waals surface area contributed by atoms with Crippen molar-refractivity contribution in [2.24, 2.45) is 5.92 Å². The summed E-state index contributed by atoms with van der Waals surface area (Å²) in [6, 6.07) is 5.66. The van der Waals surface area contributed by atoms with Crippen molar-refractivity contribution in [2.45, 2.75) is 6.42 Å². The van der Waals surface area contributed by atoms with Gasteiger partial charge < -0.3 is 0 Å². The summed E-state index contributed by atoms with van der Waals surface area (Å²) in [5.41, 5.74) is 0.821. The maximum Gasteiger partial charge on any atom is 0.232 e. The molecule has 1 saturated heterocycles. The average molecular weight is 390 g/mol. The van der Waals surface area contributed by atoms with E-state index < -0.39 is 5.92 Å². The summed E-state index contributed by atoms with van der Waals surface area (Å²) >= 11 is 3.40. The minimum Gasteiger partial charge on any atom is -0.295 e. The predicted molar refractivity (Wildman–Crippen MR) is 89.3 cm³/mol. The number of H-pyrrole nitrogens is 2. The quantitative estimate of drug-likeness (QED) is 0.625. The first-order chi connectivity index (χ1) is 11.6. The summed E-state index contributed by atoms with van der Waals surface area (Å²) in [6.45, 7) is 0.273. The van der Waals surface area contributed by atoms with Crippen LogP contribution in [0.1, 0.15) is 6.42 Å². The minimum atomic E-state index is -0.468. The summed E-state index contributed by atoms with van der Waals surface area (Å²) in [4.78, 5) is 30.0. The van der Waals surface area contributed by atoms with E-state index in [0.29, 0.717) is 5.82 Å². The van der Waals surface area contributed by atoms with Crippen LogP contribution in [0.3, 0.4) is 0 Å². The van der Waals surface area contributed by atoms with Crippen LogP contribution in [0.2, 0.25) is 0 Å². The van der Waals surface area contributed by atoms with Gasteiger partial charge in [0.05, 0.1) is 11.4 Å². The van der Waals surface area contributed by atoms with Crippen molar-refractivity contribution in [3.8, 4) is 0 Å². The lowest BCUT2D eigenvalue weighted by molar-refractivity contribution is -0.122. The molecule has 9 nitrogen and oxygen atoms in total. The zero-order valence-electron chi connectivity index (χ0n) is 12.3. The number of anilines is 2. The van der Waals surface area contributed by atoms with Crippen molar-refractivity contribution < 1.29 is 9.59 Å². The first-order valence-corrected chi connectivity index (χ1v) is 8.01. The second-order valence-corrected chi connectivity index (χ2v) is 6.38. The molecule has 10 heteroatoms. The minimum absolute atomic E-state index is 0.130. The number of benzene rings is 1. The number of aromatic nitrogens is 5. The maximum absolute atomic E-state index is 12.3. The van der Waals surface area contributed by atoms with Gasteiger partial charge in [0.15, 0.2) is 5.82 Å². The number of amides is 2. The van der Waals surface area contributed by atoms with E-state index >= 15 is 0 Å². The summed E-state index contributed by atoms with van der Waals surface area (Å²) in [5.74, 6) is -0.0718. The van der Waals surface area contributed by atoms with Crippen LogP contribution in [0.4, 0.5) is 11.8 Å². The average Bonchev–Trinajstić information content (AvgIpc) is 3.26. The lowest BCUT2D eigenvalue weighted by Crippen LogP contribution is -2.28. The largest absolute Gasteiger partial charge is 0.295 e. The van der Waals surface area contributed by atoms with Gasteiger partial charge in [0.1, 0.15) is 6.33 Å². The van der Waals surface area contributed by atoms with E-state index in [1.807, 2.05) is 18.2 Å². The number of rotatable bonds is 3. The van der Waals surface area contributed by atoms with Crippen molar-refractivity contribution in [3.63, 3.8) is 0 Å². The van der Waals surface area contributed by atoms with Gasteiger partial charge >= 0.3 is 0 Å². The van der Waals surface area contributed by atoms with Gasteiger partial charge in [0.25, 0.3) is 0 Å². The predicted octanol–water partition coefficient (Wildman–Crippen LogP) is 1.44. The standard InChI is InChI=1S/C14H12BrN7O2/c15-8-1-2-9-10(4-8)19-20-12(9)22-5-7(3-11(22)23)13(24)18-14-16-6-17-21-14/h1-2,4,6-7H,3,5H2,(H,19,20)(H2,16,17,18,21,24)/t7-/m0/s1. The van der Waals surface area contributed by atoms with Crippen LogP contribution in [-0.4, -0.2) is 43.7 Å². The molecule has 0 saturated carbocycles. The maximum atomic E-state index is 12.3. The molecule has 2 amide bonds. The van der Waals surface area contributed by atoms with Crippen LogP contribution in [-0.2, 0) is 9.59 Å². The number of carbonyl (C=O) groups is 2. The second-order valence-electron chi connectivity index (χ2n) is 5.47. The Morgan fingerprint density at radius 3 is 3.04 bits per heavy atom. The van der Waals surface area contributed by atoms with E-state index in [9.17, 15) is 9.59 Å². The summed E-state index contributed by atoms with van der Waals surface area (Å²) in [7, 11) is 0. The van der Waals surface area contributed by atoms with Crippen molar-refractivity contribution in [1.29, 1.82) is 0 Å². The number of fused-ring (bicyclic) bond motifs is 1. The summed E-state index contributed by atoms with van der Waals surface area (Å²) in [5, 5.41) is 16.8. The molecule has 3 N–H and O–H groups in total. The Morgan fingerprint density at radius 2 is 2.25 bits per heavy atom. The summed E-state index contributed by atoms with van der Waals surface area (Å²) < 4.78 is 0.919. The van der Waals surface area contributed by atoms with Crippen LogP contribution in [0.25, 0.3) is 10.9 Å². The Kier molecular flexibility index (Phi) is 3.53. The van der Waals surface area contributed by atoms with Gasteiger partial charge in [-0.3, -0.25) is 24.9 Å². The number of carbonyl (C=O) groups excluding carboxylic acids is 2. The Balaban J connectivity index is 1.56. The topological polar surface area (TPSA) is 120 Å². The summed E-state index contributed by atoms with van der Waals surface area (Å²) in [6.07, 6.45) is 1.43. The van der Waals surface area contributed by atoms with Gasteiger partial charge in [0.2, 0.25) is 17.8 Å². The van der Waals surface area contributed by atoms with Gasteiger partial charge in [-0.25, -0.2) is 5.10 Å². The molecule has 1 aliphatic rings. The first-order valence-electron chi connectivity index (χ1n) is 7.22. The van der Waals surface area contributed by atoms with Crippen LogP contribution in [0, 0.1) is 5.92 Å². The van der Waals surface area contributed by atoms with Crippen molar-refractivity contribution in [1.82, 2.24) is 25.4 Å². The molecule has 0 radical (unpaired) electrons.